The first-order valence-electron chi connectivity index (χ1n) is 4.73. The Morgan fingerprint density at radius 2 is 2.06 bits per heavy atom. The van der Waals surface area contributed by atoms with Crippen molar-refractivity contribution in [2.24, 2.45) is 0 Å². The van der Waals surface area contributed by atoms with Crippen LogP contribution in [0, 0.1) is 10.1 Å². The highest BCUT2D eigenvalue weighted by Gasteiger charge is 2.28. The van der Waals surface area contributed by atoms with Gasteiger partial charge in [-0.25, -0.2) is 0 Å². The molecule has 0 amide bonds. The maximum atomic E-state index is 11.8. The maximum Gasteiger partial charge on any atom is 0.404 e. The predicted molar refractivity (Wildman–Crippen MR) is 58.6 cm³/mol. The first-order chi connectivity index (χ1) is 7.79. The monoisotopic (exact) mass is 317 g/mol. The van der Waals surface area contributed by atoms with Crippen LogP contribution >= 0.6 is 15.9 Å². The molecular formula is C8H11BrF3N3O2. The largest absolute Gasteiger partial charge is 0.404 e. The Hall–Kier alpha value is -1.12. The summed E-state index contributed by atoms with van der Waals surface area (Å²) in [5.74, 6) is -0.489. The van der Waals surface area contributed by atoms with E-state index < -0.39 is 29.9 Å². The molecule has 0 aromatic carbocycles. The summed E-state index contributed by atoms with van der Waals surface area (Å²) in [6, 6.07) is 0. The molecule has 0 spiro atoms. The molecule has 1 heterocycles. The van der Waals surface area contributed by atoms with Crippen LogP contribution in [-0.2, 0) is 6.54 Å². The minimum atomic E-state index is -4.30. The van der Waals surface area contributed by atoms with Crippen LogP contribution in [0.3, 0.4) is 0 Å². The Morgan fingerprint density at radius 1 is 1.53 bits per heavy atom. The van der Waals surface area contributed by atoms with E-state index in [4.69, 9.17) is 0 Å². The fourth-order valence-electron chi connectivity index (χ4n) is 0.866. The molecule has 0 aliphatic rings. The second kappa shape index (κ2) is 6.58. The van der Waals surface area contributed by atoms with Crippen LogP contribution in [0.5, 0.6) is 0 Å². The highest BCUT2D eigenvalue weighted by atomic mass is 79.9. The van der Waals surface area contributed by atoms with E-state index >= 15 is 0 Å². The Labute approximate surface area is 104 Å². The summed E-state index contributed by atoms with van der Waals surface area (Å²) >= 11 is 2.83. The highest BCUT2D eigenvalue weighted by molar-refractivity contribution is 9.10. The molecule has 0 unspecified atom stereocenters. The van der Waals surface area contributed by atoms with Gasteiger partial charge < -0.3 is 10.1 Å². The Balaban J connectivity index is 0.00000121. The van der Waals surface area contributed by atoms with Crippen molar-refractivity contribution in [2.45, 2.75) is 33.0 Å². The second-order valence-corrected chi connectivity index (χ2v) is 3.54. The average molecular weight is 318 g/mol. The molecule has 98 valence electrons. The highest BCUT2D eigenvalue weighted by Crippen LogP contribution is 2.24. The minimum Gasteiger partial charge on any atom is -0.358 e. The lowest BCUT2D eigenvalue weighted by molar-refractivity contribution is -0.390. The van der Waals surface area contributed by atoms with E-state index in [1.54, 1.807) is 0 Å². The van der Waals surface area contributed by atoms with Crippen molar-refractivity contribution in [3.63, 3.8) is 0 Å². The fourth-order valence-corrected chi connectivity index (χ4v) is 1.33. The smallest absolute Gasteiger partial charge is 0.358 e. The fraction of sp³-hybridized carbons (Fsp3) is 0.625. The third-order valence-electron chi connectivity index (χ3n) is 1.50. The number of hydrogen-bond acceptors (Lipinski definition) is 3. The van der Waals surface area contributed by atoms with Crippen molar-refractivity contribution in [1.29, 1.82) is 0 Å². The zero-order chi connectivity index (χ0) is 13.6. The van der Waals surface area contributed by atoms with Crippen molar-refractivity contribution < 1.29 is 18.1 Å². The molecule has 0 bridgehead atoms. The van der Waals surface area contributed by atoms with Crippen molar-refractivity contribution in [2.75, 3.05) is 0 Å². The predicted octanol–water partition coefficient (Wildman–Crippen LogP) is 3.53. The number of halogens is 4. The van der Waals surface area contributed by atoms with Gasteiger partial charge in [-0.2, -0.15) is 17.9 Å². The lowest BCUT2D eigenvalue weighted by Gasteiger charge is -2.02. The molecule has 1 aromatic heterocycles. The van der Waals surface area contributed by atoms with Gasteiger partial charge in [0.25, 0.3) is 0 Å². The van der Waals surface area contributed by atoms with E-state index in [2.05, 4.69) is 21.0 Å². The Kier molecular flexibility index (Phi) is 6.14. The van der Waals surface area contributed by atoms with Crippen molar-refractivity contribution in [3.05, 3.63) is 20.8 Å². The lowest BCUT2D eigenvalue weighted by atomic mass is 10.4. The molecule has 5 nitrogen and oxygen atoms in total. The number of hydrogen-bond donors (Lipinski definition) is 0. The van der Waals surface area contributed by atoms with Gasteiger partial charge in [0.05, 0.1) is 24.3 Å². The summed E-state index contributed by atoms with van der Waals surface area (Å²) in [6.45, 7) is 3.57. The molecule has 0 fully saturated rings. The molecule has 0 aliphatic heterocycles. The Bertz CT molecular complexity index is 379. The van der Waals surface area contributed by atoms with Crippen molar-refractivity contribution in [1.82, 2.24) is 9.78 Å². The van der Waals surface area contributed by atoms with E-state index in [0.29, 0.717) is 0 Å². The summed E-state index contributed by atoms with van der Waals surface area (Å²) in [5.41, 5.74) is 0. The van der Waals surface area contributed by atoms with Crippen molar-refractivity contribution >= 4 is 21.7 Å². The molecular weight excluding hydrogens is 307 g/mol. The van der Waals surface area contributed by atoms with Gasteiger partial charge in [0, 0.05) is 0 Å². The molecule has 0 saturated heterocycles. The van der Waals surface area contributed by atoms with E-state index in [9.17, 15) is 23.3 Å². The van der Waals surface area contributed by atoms with Gasteiger partial charge in [-0.3, -0.25) is 0 Å². The van der Waals surface area contributed by atoms with Crippen LogP contribution in [-0.4, -0.2) is 20.9 Å². The molecule has 0 saturated carbocycles. The number of nitrogens with zero attached hydrogens (tertiary/aromatic N) is 3. The molecule has 0 aliphatic carbocycles. The van der Waals surface area contributed by atoms with E-state index in [1.807, 2.05) is 13.8 Å². The van der Waals surface area contributed by atoms with Gasteiger partial charge in [0.15, 0.2) is 0 Å². The minimum absolute atomic E-state index is 0.0645. The van der Waals surface area contributed by atoms with Crippen LogP contribution < -0.4 is 0 Å². The van der Waals surface area contributed by atoms with Crippen LogP contribution in [0.4, 0.5) is 19.0 Å². The maximum absolute atomic E-state index is 11.8. The zero-order valence-corrected chi connectivity index (χ0v) is 10.7. The quantitative estimate of drug-likeness (QED) is 0.633. The summed E-state index contributed by atoms with van der Waals surface area (Å²) in [4.78, 5) is 9.54. The summed E-state index contributed by atoms with van der Waals surface area (Å²) in [7, 11) is 0. The topological polar surface area (TPSA) is 61.0 Å². The SMILES string of the molecule is CC.O=[N+]([O-])c1nn(CCC(F)(F)F)cc1Br. The normalized spacial score (nSPS) is 10.7. The summed E-state index contributed by atoms with van der Waals surface area (Å²) in [6.07, 6.45) is -4.23. The third kappa shape index (κ3) is 5.66. The number of aromatic nitrogens is 2. The van der Waals surface area contributed by atoms with Gasteiger partial charge in [-0.15, -0.1) is 0 Å². The van der Waals surface area contributed by atoms with E-state index in [1.165, 1.54) is 0 Å². The summed E-state index contributed by atoms with van der Waals surface area (Å²) < 4.78 is 36.4. The molecule has 9 heteroatoms. The molecule has 0 atom stereocenters. The molecule has 1 aromatic rings. The van der Waals surface area contributed by atoms with E-state index in [-0.39, 0.29) is 4.47 Å². The lowest BCUT2D eigenvalue weighted by Crippen LogP contribution is -2.12. The van der Waals surface area contributed by atoms with Crippen LogP contribution in [0.2, 0.25) is 0 Å². The van der Waals surface area contributed by atoms with Gasteiger partial charge in [0.1, 0.15) is 4.47 Å². The van der Waals surface area contributed by atoms with E-state index in [0.717, 1.165) is 10.9 Å². The molecule has 1 rings (SSSR count). The van der Waals surface area contributed by atoms with Gasteiger partial charge in [-0.1, -0.05) is 13.8 Å². The van der Waals surface area contributed by atoms with Crippen molar-refractivity contribution in [3.8, 4) is 0 Å². The number of rotatable bonds is 3. The van der Waals surface area contributed by atoms with Gasteiger partial charge >= 0.3 is 12.0 Å². The van der Waals surface area contributed by atoms with Crippen LogP contribution in [0.25, 0.3) is 0 Å². The zero-order valence-electron chi connectivity index (χ0n) is 9.16. The van der Waals surface area contributed by atoms with Crippen LogP contribution in [0.1, 0.15) is 20.3 Å². The summed E-state index contributed by atoms with van der Waals surface area (Å²) in [5, 5.41) is 13.7. The van der Waals surface area contributed by atoms with Gasteiger partial charge in [-0.05, 0) is 20.9 Å². The first-order valence-corrected chi connectivity index (χ1v) is 5.53. The number of alkyl halides is 3. The Morgan fingerprint density at radius 3 is 2.41 bits per heavy atom. The van der Waals surface area contributed by atoms with Gasteiger partial charge in [0.2, 0.25) is 0 Å². The number of aryl methyl sites for hydroxylation is 1. The molecule has 17 heavy (non-hydrogen) atoms. The molecule has 0 N–H and O–H groups in total. The second-order valence-electron chi connectivity index (χ2n) is 2.69. The molecule has 0 radical (unpaired) electrons. The first kappa shape index (κ1) is 15.9. The third-order valence-corrected chi connectivity index (χ3v) is 2.06. The number of nitro groups is 1. The van der Waals surface area contributed by atoms with Crippen LogP contribution in [0.15, 0.2) is 10.7 Å². The average Bonchev–Trinajstić information content (AvgIpc) is 2.59. The standard InChI is InChI=1S/C6H5BrF3N3O2.C2H6/c7-4-3-12(2-1-6(8,9)10)11-5(4)13(14)15;1-2/h3H,1-2H2;1-2H3.